The van der Waals surface area contributed by atoms with Gasteiger partial charge < -0.3 is 15.3 Å². The van der Waals surface area contributed by atoms with Crippen LogP contribution in [0.3, 0.4) is 0 Å². The minimum atomic E-state index is -1.07. The summed E-state index contributed by atoms with van der Waals surface area (Å²) in [6.07, 6.45) is 0.969. The fraction of sp³-hybridized carbons (Fsp3) is 0.227. The third kappa shape index (κ3) is 5.58. The molecule has 0 aliphatic carbocycles. The maximum absolute atomic E-state index is 12.0. The molecule has 6 nitrogen and oxygen atoms in total. The number of carbonyl (C=O) groups excluding carboxylic acids is 1. The molecule has 0 bridgehead atoms. The molecule has 1 aromatic heterocycles. The predicted molar refractivity (Wildman–Crippen MR) is 120 cm³/mol. The minimum absolute atomic E-state index is 0.400. The van der Waals surface area contributed by atoms with Crippen LogP contribution in [0, 0.1) is 0 Å². The highest BCUT2D eigenvalue weighted by molar-refractivity contribution is 7.14. The van der Waals surface area contributed by atoms with Crippen molar-refractivity contribution in [2.75, 3.05) is 18.0 Å². The van der Waals surface area contributed by atoms with Crippen molar-refractivity contribution in [1.82, 2.24) is 10.3 Å². The number of nitrogens with one attached hydrogen (secondary N) is 1. The monoisotopic (exact) mass is 443 g/mol. The molecule has 8 heteroatoms. The second-order valence-electron chi connectivity index (χ2n) is 6.69. The Bertz CT molecular complexity index is 1020. The van der Waals surface area contributed by atoms with E-state index in [1.165, 1.54) is 0 Å². The Morgan fingerprint density at radius 2 is 1.90 bits per heavy atom. The number of carboxylic acid groups (broad SMARTS) is 1. The zero-order valence-corrected chi connectivity index (χ0v) is 18.0. The van der Waals surface area contributed by atoms with E-state index in [2.05, 4.69) is 17.1 Å². The van der Waals surface area contributed by atoms with Gasteiger partial charge in [0.05, 0.1) is 5.69 Å². The van der Waals surface area contributed by atoms with Crippen molar-refractivity contribution < 1.29 is 14.7 Å². The molecule has 1 amide bonds. The molecule has 0 aliphatic heterocycles. The van der Waals surface area contributed by atoms with Crippen LogP contribution in [0.4, 0.5) is 5.13 Å². The summed E-state index contributed by atoms with van der Waals surface area (Å²) in [6.45, 7) is 3.21. The fourth-order valence-corrected chi connectivity index (χ4v) is 4.04. The summed E-state index contributed by atoms with van der Waals surface area (Å²) in [4.78, 5) is 29.5. The first kappa shape index (κ1) is 21.8. The summed E-state index contributed by atoms with van der Waals surface area (Å²) in [5.74, 6) is -1.48. The molecule has 0 spiro atoms. The molecule has 0 saturated heterocycles. The van der Waals surface area contributed by atoms with E-state index in [0.29, 0.717) is 17.1 Å². The molecule has 0 atom stereocenters. The maximum atomic E-state index is 12.0. The topological polar surface area (TPSA) is 82.5 Å². The summed E-state index contributed by atoms with van der Waals surface area (Å²) >= 11 is 7.88. The third-order valence-corrected chi connectivity index (χ3v) is 5.63. The van der Waals surface area contributed by atoms with Gasteiger partial charge in [0.2, 0.25) is 0 Å². The Hall–Kier alpha value is -2.90. The van der Waals surface area contributed by atoms with Crippen LogP contribution in [0.1, 0.15) is 29.3 Å². The second-order valence-corrected chi connectivity index (χ2v) is 7.93. The zero-order chi connectivity index (χ0) is 21.5. The Balaban J connectivity index is 1.72. The quantitative estimate of drug-likeness (QED) is 0.501. The summed E-state index contributed by atoms with van der Waals surface area (Å²) in [5, 5.41) is 14.6. The molecule has 0 unspecified atom stereocenters. The van der Waals surface area contributed by atoms with E-state index in [-0.39, 0.29) is 0 Å². The smallest absolute Gasteiger partial charge is 0.322 e. The van der Waals surface area contributed by atoms with E-state index in [9.17, 15) is 9.59 Å². The number of anilines is 1. The van der Waals surface area contributed by atoms with E-state index in [4.69, 9.17) is 21.7 Å². The van der Waals surface area contributed by atoms with Gasteiger partial charge in [0.15, 0.2) is 5.13 Å². The number of aliphatic carboxylic acids is 1. The van der Waals surface area contributed by atoms with E-state index < -0.39 is 18.4 Å². The number of amides is 1. The van der Waals surface area contributed by atoms with E-state index in [0.717, 1.165) is 34.9 Å². The van der Waals surface area contributed by atoms with Crippen molar-refractivity contribution in [3.05, 3.63) is 70.1 Å². The Kier molecular flexibility index (Phi) is 7.43. The number of carbonyl (C=O) groups is 2. The Morgan fingerprint density at radius 3 is 2.57 bits per heavy atom. The lowest BCUT2D eigenvalue weighted by Gasteiger charge is -2.21. The van der Waals surface area contributed by atoms with E-state index in [1.54, 1.807) is 23.5 Å². The van der Waals surface area contributed by atoms with Crippen molar-refractivity contribution >= 4 is 39.9 Å². The summed E-state index contributed by atoms with van der Waals surface area (Å²) < 4.78 is 0. The van der Waals surface area contributed by atoms with Gasteiger partial charge in [-0.05, 0) is 30.2 Å². The van der Waals surface area contributed by atoms with Crippen LogP contribution in [-0.2, 0) is 11.3 Å². The van der Waals surface area contributed by atoms with Crippen molar-refractivity contribution in [1.29, 1.82) is 0 Å². The van der Waals surface area contributed by atoms with Gasteiger partial charge in [-0.25, -0.2) is 4.98 Å². The number of halogens is 1. The van der Waals surface area contributed by atoms with Gasteiger partial charge in [-0.3, -0.25) is 9.59 Å². The van der Waals surface area contributed by atoms with E-state index >= 15 is 0 Å². The SMILES string of the molecule is CCCN(Cc1ccc(C(=O)NCC(=O)O)cc1)c1nc(-c2ccccc2Cl)cs1. The third-order valence-electron chi connectivity index (χ3n) is 4.40. The van der Waals surface area contributed by atoms with Crippen molar-refractivity contribution in [2.45, 2.75) is 19.9 Å². The maximum Gasteiger partial charge on any atom is 0.322 e. The van der Waals surface area contributed by atoms with Crippen LogP contribution in [0.15, 0.2) is 53.9 Å². The van der Waals surface area contributed by atoms with Gasteiger partial charge in [0.25, 0.3) is 5.91 Å². The first-order chi connectivity index (χ1) is 14.5. The summed E-state index contributed by atoms with van der Waals surface area (Å²) in [7, 11) is 0. The Labute approximate surface area is 184 Å². The highest BCUT2D eigenvalue weighted by atomic mass is 35.5. The Morgan fingerprint density at radius 1 is 1.17 bits per heavy atom. The molecular formula is C22H22ClN3O3S. The van der Waals surface area contributed by atoms with Crippen molar-refractivity contribution in [3.8, 4) is 11.3 Å². The lowest BCUT2D eigenvalue weighted by Crippen LogP contribution is -2.29. The summed E-state index contributed by atoms with van der Waals surface area (Å²) in [5.41, 5.74) is 3.23. The van der Waals surface area contributed by atoms with Crippen LogP contribution in [0.25, 0.3) is 11.3 Å². The molecule has 156 valence electrons. The number of carboxylic acids is 1. The number of rotatable bonds is 9. The van der Waals surface area contributed by atoms with Gasteiger partial charge in [0.1, 0.15) is 6.54 Å². The van der Waals surface area contributed by atoms with Crippen LogP contribution in [0.2, 0.25) is 5.02 Å². The molecule has 3 rings (SSSR count). The standard InChI is InChI=1S/C22H22ClN3O3S/c1-2-11-26(22-25-19(14-30-22)17-5-3-4-6-18(17)23)13-15-7-9-16(10-8-15)21(29)24-12-20(27)28/h3-10,14H,2,11-13H2,1H3,(H,24,29)(H,27,28). The van der Waals surface area contributed by atoms with Crippen LogP contribution >= 0.6 is 22.9 Å². The molecule has 0 fully saturated rings. The van der Waals surface area contributed by atoms with Gasteiger partial charge in [-0.1, -0.05) is 48.9 Å². The molecule has 0 radical (unpaired) electrons. The van der Waals surface area contributed by atoms with E-state index in [1.807, 2.05) is 41.8 Å². The van der Waals surface area contributed by atoms with Gasteiger partial charge >= 0.3 is 5.97 Å². The molecule has 2 aromatic carbocycles. The average molecular weight is 444 g/mol. The van der Waals surface area contributed by atoms with Crippen LogP contribution in [-0.4, -0.2) is 35.1 Å². The normalized spacial score (nSPS) is 10.6. The molecule has 2 N–H and O–H groups in total. The lowest BCUT2D eigenvalue weighted by atomic mass is 10.1. The minimum Gasteiger partial charge on any atom is -0.480 e. The molecule has 0 saturated carbocycles. The molecule has 0 aliphatic rings. The number of hydrogen-bond donors (Lipinski definition) is 2. The fourth-order valence-electron chi connectivity index (χ4n) is 2.95. The highest BCUT2D eigenvalue weighted by Gasteiger charge is 2.14. The van der Waals surface area contributed by atoms with Crippen molar-refractivity contribution in [2.24, 2.45) is 0 Å². The number of aromatic nitrogens is 1. The van der Waals surface area contributed by atoms with Crippen LogP contribution in [0.5, 0.6) is 0 Å². The molecule has 3 aromatic rings. The average Bonchev–Trinajstić information content (AvgIpc) is 3.22. The number of benzene rings is 2. The van der Waals surface area contributed by atoms with Gasteiger partial charge in [-0.2, -0.15) is 0 Å². The predicted octanol–water partition coefficient (Wildman–Crippen LogP) is 4.69. The van der Waals surface area contributed by atoms with Crippen molar-refractivity contribution in [3.63, 3.8) is 0 Å². The first-order valence-corrected chi connectivity index (χ1v) is 10.8. The zero-order valence-electron chi connectivity index (χ0n) is 16.5. The second kappa shape index (κ2) is 10.2. The first-order valence-electron chi connectivity index (χ1n) is 9.52. The highest BCUT2D eigenvalue weighted by Crippen LogP contribution is 2.32. The van der Waals surface area contributed by atoms with Crippen LogP contribution < -0.4 is 10.2 Å². The largest absolute Gasteiger partial charge is 0.480 e. The molecular weight excluding hydrogens is 422 g/mol. The molecule has 30 heavy (non-hydrogen) atoms. The van der Waals surface area contributed by atoms with Gasteiger partial charge in [0, 0.05) is 34.6 Å². The number of nitrogens with zero attached hydrogens (tertiary/aromatic N) is 2. The number of hydrogen-bond acceptors (Lipinski definition) is 5. The number of thiazole rings is 1. The molecule has 1 heterocycles. The summed E-state index contributed by atoms with van der Waals surface area (Å²) in [6, 6.07) is 14.8. The van der Waals surface area contributed by atoms with Gasteiger partial charge in [-0.15, -0.1) is 11.3 Å². The lowest BCUT2D eigenvalue weighted by molar-refractivity contribution is -0.135.